The van der Waals surface area contributed by atoms with Gasteiger partial charge in [-0.1, -0.05) is 158 Å². The summed E-state index contributed by atoms with van der Waals surface area (Å²) >= 11 is 0. The average molecular weight is 607 g/mol. The normalized spacial score (nSPS) is 11.8. The maximum absolute atomic E-state index is 2.40. The summed E-state index contributed by atoms with van der Waals surface area (Å²) in [6.07, 6.45) is 0. The van der Waals surface area contributed by atoms with Crippen molar-refractivity contribution in [3.63, 3.8) is 0 Å². The van der Waals surface area contributed by atoms with Crippen molar-refractivity contribution in [2.75, 3.05) is 0 Å². The largest absolute Gasteiger partial charge is 0.0622 e. The molecule has 0 nitrogen and oxygen atoms in total. The second kappa shape index (κ2) is 10.7. The molecule has 222 valence electrons. The fraction of sp³-hybridized carbons (Fsp3) is 0. The van der Waals surface area contributed by atoms with Crippen LogP contribution in [0.2, 0.25) is 0 Å². The lowest BCUT2D eigenvalue weighted by Gasteiger charge is -2.21. The van der Waals surface area contributed by atoms with E-state index in [4.69, 9.17) is 0 Å². The lowest BCUT2D eigenvalue weighted by atomic mass is 9.82. The third kappa shape index (κ3) is 4.10. The summed E-state index contributed by atoms with van der Waals surface area (Å²) < 4.78 is 0. The highest BCUT2D eigenvalue weighted by Crippen LogP contribution is 2.56. The molecule has 0 saturated heterocycles. The van der Waals surface area contributed by atoms with Gasteiger partial charge in [-0.2, -0.15) is 0 Å². The lowest BCUT2D eigenvalue weighted by molar-refractivity contribution is 1.58. The van der Waals surface area contributed by atoms with Crippen molar-refractivity contribution in [2.45, 2.75) is 0 Å². The number of hydrogen-bond acceptors (Lipinski definition) is 0. The smallest absolute Gasteiger partial charge is 0.00137 e. The van der Waals surface area contributed by atoms with Crippen molar-refractivity contribution in [1.82, 2.24) is 0 Å². The van der Waals surface area contributed by atoms with Gasteiger partial charge in [0.1, 0.15) is 0 Å². The second-order valence-corrected chi connectivity index (χ2v) is 12.8. The fourth-order valence-electron chi connectivity index (χ4n) is 8.01. The van der Waals surface area contributed by atoms with Crippen LogP contribution in [0.15, 0.2) is 182 Å². The van der Waals surface area contributed by atoms with E-state index in [0.717, 1.165) is 0 Å². The SMILES string of the molecule is c1ccc(-c2cc3ccccc3cc2-c2ccc(-c3cc4ccccc4cc3-c3ccccc3)c3c2-c2cccc4cccc-3c24)cc1. The standard InChI is InChI=1S/C48H30/c1-3-13-31(14-4-1)42-27-34-17-7-9-19-36(34)29-44(42)38-25-26-39(48-41-24-12-22-33-21-11-23-40(46(33)41)47(38)48)45-30-37-20-10-8-18-35(37)28-43(45)32-15-5-2-6-16-32/h1-30H. The fourth-order valence-corrected chi connectivity index (χ4v) is 8.01. The molecule has 0 N–H and O–H groups in total. The van der Waals surface area contributed by atoms with Gasteiger partial charge in [0.15, 0.2) is 0 Å². The molecule has 0 heterocycles. The molecule has 0 atom stereocenters. The van der Waals surface area contributed by atoms with Gasteiger partial charge < -0.3 is 0 Å². The first kappa shape index (κ1) is 26.9. The van der Waals surface area contributed by atoms with Gasteiger partial charge in [-0.15, -0.1) is 0 Å². The predicted octanol–water partition coefficient (Wildman–Crippen LogP) is 13.5. The molecule has 0 radical (unpaired) electrons. The molecule has 0 amide bonds. The first-order valence-corrected chi connectivity index (χ1v) is 16.7. The van der Waals surface area contributed by atoms with Crippen LogP contribution in [-0.2, 0) is 0 Å². The van der Waals surface area contributed by atoms with Crippen molar-refractivity contribution in [2.24, 2.45) is 0 Å². The molecule has 1 aliphatic rings. The number of benzene rings is 9. The maximum Gasteiger partial charge on any atom is -0.00137 e. The van der Waals surface area contributed by atoms with Crippen molar-refractivity contribution in [1.29, 1.82) is 0 Å². The highest BCUT2D eigenvalue weighted by Gasteiger charge is 2.29. The van der Waals surface area contributed by atoms with Crippen LogP contribution in [-0.4, -0.2) is 0 Å². The Morgan fingerprint density at radius 1 is 0.208 bits per heavy atom. The molecule has 0 aromatic heterocycles. The van der Waals surface area contributed by atoms with Crippen LogP contribution < -0.4 is 0 Å². The van der Waals surface area contributed by atoms with Crippen molar-refractivity contribution in [3.05, 3.63) is 182 Å². The number of fused-ring (bicyclic) bond motifs is 5. The average Bonchev–Trinajstić information content (AvgIpc) is 3.50. The summed E-state index contributed by atoms with van der Waals surface area (Å²) in [6.45, 7) is 0. The van der Waals surface area contributed by atoms with Gasteiger partial charge in [-0.25, -0.2) is 0 Å². The van der Waals surface area contributed by atoms with Gasteiger partial charge in [0, 0.05) is 0 Å². The van der Waals surface area contributed by atoms with Crippen LogP contribution in [0.1, 0.15) is 0 Å². The number of hydrogen-bond donors (Lipinski definition) is 0. The zero-order chi connectivity index (χ0) is 31.6. The predicted molar refractivity (Wildman–Crippen MR) is 205 cm³/mol. The third-order valence-corrected chi connectivity index (χ3v) is 10.2. The van der Waals surface area contributed by atoms with Crippen LogP contribution >= 0.6 is 0 Å². The zero-order valence-corrected chi connectivity index (χ0v) is 26.3. The van der Waals surface area contributed by atoms with Crippen LogP contribution in [0.4, 0.5) is 0 Å². The van der Waals surface area contributed by atoms with E-state index >= 15 is 0 Å². The Morgan fingerprint density at radius 3 is 0.979 bits per heavy atom. The minimum absolute atomic E-state index is 1.23. The summed E-state index contributed by atoms with van der Waals surface area (Å²) in [7, 11) is 0. The highest BCUT2D eigenvalue weighted by atomic mass is 14.3. The van der Waals surface area contributed by atoms with E-state index in [0.29, 0.717) is 0 Å². The van der Waals surface area contributed by atoms with Crippen molar-refractivity contribution in [3.8, 4) is 66.8 Å². The lowest BCUT2D eigenvalue weighted by Crippen LogP contribution is -1.94. The van der Waals surface area contributed by atoms with Crippen molar-refractivity contribution < 1.29 is 0 Å². The van der Waals surface area contributed by atoms with Crippen LogP contribution in [0.5, 0.6) is 0 Å². The molecule has 1 aliphatic carbocycles. The van der Waals surface area contributed by atoms with Gasteiger partial charge in [0.2, 0.25) is 0 Å². The Morgan fingerprint density at radius 2 is 0.562 bits per heavy atom. The second-order valence-electron chi connectivity index (χ2n) is 12.8. The minimum atomic E-state index is 1.23. The summed E-state index contributed by atoms with van der Waals surface area (Å²) in [6, 6.07) is 67.1. The minimum Gasteiger partial charge on any atom is -0.0622 e. The highest BCUT2D eigenvalue weighted by molar-refractivity contribution is 6.22. The van der Waals surface area contributed by atoms with Crippen LogP contribution in [0.25, 0.3) is 99.1 Å². The molecule has 0 heteroatoms. The third-order valence-electron chi connectivity index (χ3n) is 10.2. The monoisotopic (exact) mass is 606 g/mol. The summed E-state index contributed by atoms with van der Waals surface area (Å²) in [5.41, 5.74) is 15.3. The quantitative estimate of drug-likeness (QED) is 0.187. The van der Waals surface area contributed by atoms with E-state index in [1.807, 2.05) is 0 Å². The Balaban J connectivity index is 1.34. The van der Waals surface area contributed by atoms with E-state index in [2.05, 4.69) is 182 Å². The first-order chi connectivity index (χ1) is 23.8. The van der Waals surface area contributed by atoms with Gasteiger partial charge >= 0.3 is 0 Å². The Labute approximate surface area is 280 Å². The van der Waals surface area contributed by atoms with E-state index < -0.39 is 0 Å². The molecule has 0 saturated carbocycles. The van der Waals surface area contributed by atoms with Gasteiger partial charge in [-0.3, -0.25) is 0 Å². The first-order valence-electron chi connectivity index (χ1n) is 16.7. The van der Waals surface area contributed by atoms with E-state index in [1.54, 1.807) is 0 Å². The molecular weight excluding hydrogens is 577 g/mol. The van der Waals surface area contributed by atoms with Gasteiger partial charge in [0.25, 0.3) is 0 Å². The molecule has 9 aromatic rings. The Bertz CT molecular complexity index is 2510. The zero-order valence-electron chi connectivity index (χ0n) is 26.3. The Kier molecular flexibility index (Phi) is 5.98. The molecular formula is C48H30. The molecule has 0 spiro atoms. The molecule has 48 heavy (non-hydrogen) atoms. The molecule has 0 fully saturated rings. The van der Waals surface area contributed by atoms with Crippen molar-refractivity contribution >= 4 is 32.3 Å². The topological polar surface area (TPSA) is 0 Å². The number of rotatable bonds is 4. The van der Waals surface area contributed by atoms with Gasteiger partial charge in [-0.05, 0) is 123 Å². The molecule has 9 aromatic carbocycles. The van der Waals surface area contributed by atoms with Crippen LogP contribution in [0.3, 0.4) is 0 Å². The Hall–Kier alpha value is -6.24. The van der Waals surface area contributed by atoms with Crippen LogP contribution in [0, 0.1) is 0 Å². The van der Waals surface area contributed by atoms with E-state index in [9.17, 15) is 0 Å². The molecule has 0 bridgehead atoms. The maximum atomic E-state index is 2.40. The van der Waals surface area contributed by atoms with E-state index in [1.165, 1.54) is 99.1 Å². The van der Waals surface area contributed by atoms with Gasteiger partial charge in [0.05, 0.1) is 0 Å². The summed E-state index contributed by atoms with van der Waals surface area (Å²) in [4.78, 5) is 0. The van der Waals surface area contributed by atoms with E-state index in [-0.39, 0.29) is 0 Å². The molecule has 0 aliphatic heterocycles. The molecule has 10 rings (SSSR count). The molecule has 0 unspecified atom stereocenters. The summed E-state index contributed by atoms with van der Waals surface area (Å²) in [5.74, 6) is 0. The summed E-state index contributed by atoms with van der Waals surface area (Å²) in [5, 5.41) is 7.62.